The average molecular weight is 287 g/mol. The highest BCUT2D eigenvalue weighted by Gasteiger charge is 2.22. The van der Waals surface area contributed by atoms with Crippen molar-refractivity contribution in [2.45, 2.75) is 13.0 Å². The molecule has 0 amide bonds. The van der Waals surface area contributed by atoms with Gasteiger partial charge in [-0.3, -0.25) is 0 Å². The van der Waals surface area contributed by atoms with Crippen LogP contribution in [0.3, 0.4) is 0 Å². The molecule has 0 aliphatic heterocycles. The Kier molecular flexibility index (Phi) is 3.32. The van der Waals surface area contributed by atoms with E-state index in [1.165, 1.54) is 9.08 Å². The Morgan fingerprint density at radius 2 is 2.24 bits per heavy atom. The lowest BCUT2D eigenvalue weighted by atomic mass is 10.3. The van der Waals surface area contributed by atoms with E-state index in [0.717, 1.165) is 5.69 Å². The molecule has 3 rings (SSSR count). The van der Waals surface area contributed by atoms with Gasteiger partial charge < -0.3 is 15.8 Å². The summed E-state index contributed by atoms with van der Waals surface area (Å²) in [5.41, 5.74) is 7.08. The van der Waals surface area contributed by atoms with Gasteiger partial charge in [-0.15, -0.1) is 5.10 Å². The first-order chi connectivity index (χ1) is 10.2. The van der Waals surface area contributed by atoms with Gasteiger partial charge in [0.05, 0.1) is 18.4 Å². The van der Waals surface area contributed by atoms with Crippen LogP contribution < -0.4 is 5.73 Å². The summed E-state index contributed by atoms with van der Waals surface area (Å²) in [6.45, 7) is 0.669. The zero-order chi connectivity index (χ0) is 14.8. The predicted octanol–water partition coefficient (Wildman–Crippen LogP) is 0.383. The molecular weight excluding hydrogens is 274 g/mol. The van der Waals surface area contributed by atoms with Gasteiger partial charge in [0.2, 0.25) is 5.65 Å². The van der Waals surface area contributed by atoms with Crippen molar-refractivity contribution in [3.63, 3.8) is 0 Å². The molecule has 0 saturated heterocycles. The molecule has 0 aliphatic rings. The maximum atomic E-state index is 11.3. The topological polar surface area (TPSA) is 117 Å². The summed E-state index contributed by atoms with van der Waals surface area (Å²) >= 11 is 0. The zero-order valence-electron chi connectivity index (χ0n) is 11.1. The average Bonchev–Trinajstić information content (AvgIpc) is 3.03. The second-order valence-electron chi connectivity index (χ2n) is 4.51. The van der Waals surface area contributed by atoms with E-state index in [1.807, 2.05) is 0 Å². The smallest absolute Gasteiger partial charge is 0.353 e. The lowest BCUT2D eigenvalue weighted by molar-refractivity contribution is -0.391. The van der Waals surface area contributed by atoms with Crippen LogP contribution in [0.5, 0.6) is 0 Å². The first-order valence-electron chi connectivity index (χ1n) is 6.38. The fourth-order valence-electron chi connectivity index (χ4n) is 2.16. The number of fused-ring (bicyclic) bond motifs is 1. The number of aromatic nitrogens is 5. The maximum absolute atomic E-state index is 11.3. The lowest BCUT2D eigenvalue weighted by Crippen LogP contribution is -2.05. The van der Waals surface area contributed by atoms with Gasteiger partial charge in [-0.2, -0.15) is 4.40 Å². The fraction of sp³-hybridized carbons (Fsp3) is 0.250. The molecule has 0 atom stereocenters. The van der Waals surface area contributed by atoms with E-state index in [0.29, 0.717) is 24.3 Å². The number of imidazole rings is 1. The zero-order valence-corrected chi connectivity index (χ0v) is 11.1. The summed E-state index contributed by atoms with van der Waals surface area (Å²) in [4.78, 5) is 15.1. The summed E-state index contributed by atoms with van der Waals surface area (Å²) < 4.78 is 2.98. The summed E-state index contributed by atoms with van der Waals surface area (Å²) in [6.07, 6.45) is 3.96. The van der Waals surface area contributed by atoms with Crippen LogP contribution in [0.15, 0.2) is 30.6 Å². The molecule has 0 radical (unpaired) electrons. The van der Waals surface area contributed by atoms with Crippen LogP contribution in [0.2, 0.25) is 0 Å². The van der Waals surface area contributed by atoms with Crippen LogP contribution in [0, 0.1) is 10.1 Å². The fourth-order valence-corrected chi connectivity index (χ4v) is 2.16. The molecule has 2 N–H and O–H groups in total. The number of nitrogens with two attached hydrogens (primary N) is 1. The summed E-state index contributed by atoms with van der Waals surface area (Å²) in [5.74, 6) is -0.0542. The van der Waals surface area contributed by atoms with E-state index in [4.69, 9.17) is 5.73 Å². The van der Waals surface area contributed by atoms with Gasteiger partial charge in [-0.05, 0) is 17.5 Å². The largest absolute Gasteiger partial charge is 0.358 e. The highest BCUT2D eigenvalue weighted by molar-refractivity contribution is 5.48. The highest BCUT2D eigenvalue weighted by atomic mass is 16.6. The van der Waals surface area contributed by atoms with Gasteiger partial charge in [0.15, 0.2) is 5.69 Å². The number of nitrogens with zero attached hydrogens (tertiary/aromatic N) is 6. The molecule has 0 unspecified atom stereocenters. The van der Waals surface area contributed by atoms with Crippen molar-refractivity contribution in [3.8, 4) is 0 Å². The lowest BCUT2D eigenvalue weighted by Gasteiger charge is -1.98. The molecule has 0 aliphatic carbocycles. The van der Waals surface area contributed by atoms with Crippen molar-refractivity contribution in [1.29, 1.82) is 0 Å². The number of hydrogen-bond donors (Lipinski definition) is 1. The van der Waals surface area contributed by atoms with Crippen molar-refractivity contribution in [2.24, 2.45) is 5.73 Å². The van der Waals surface area contributed by atoms with E-state index >= 15 is 0 Å². The third-order valence-corrected chi connectivity index (χ3v) is 3.05. The summed E-state index contributed by atoms with van der Waals surface area (Å²) in [5, 5.41) is 19.2. The Labute approximate surface area is 119 Å². The van der Waals surface area contributed by atoms with Crippen molar-refractivity contribution in [3.05, 3.63) is 52.1 Å². The molecule has 0 saturated carbocycles. The van der Waals surface area contributed by atoms with Gasteiger partial charge in [0.25, 0.3) is 0 Å². The van der Waals surface area contributed by atoms with E-state index in [9.17, 15) is 10.1 Å². The Balaban J connectivity index is 1.99. The van der Waals surface area contributed by atoms with Crippen LogP contribution in [0.1, 0.15) is 11.4 Å². The van der Waals surface area contributed by atoms with Gasteiger partial charge in [-0.25, -0.2) is 9.67 Å². The Morgan fingerprint density at radius 3 is 3.00 bits per heavy atom. The molecule has 0 fully saturated rings. The van der Waals surface area contributed by atoms with Gasteiger partial charge >= 0.3 is 5.82 Å². The molecular formula is C12H13N7O2. The third-order valence-electron chi connectivity index (χ3n) is 3.05. The monoisotopic (exact) mass is 287 g/mol. The predicted molar refractivity (Wildman–Crippen MR) is 73.7 cm³/mol. The van der Waals surface area contributed by atoms with Crippen molar-refractivity contribution >= 4 is 11.5 Å². The number of rotatable bonds is 5. The molecule has 0 spiro atoms. The van der Waals surface area contributed by atoms with E-state index < -0.39 is 4.92 Å². The van der Waals surface area contributed by atoms with E-state index in [1.54, 1.807) is 30.6 Å². The minimum atomic E-state index is -0.437. The Hall–Kier alpha value is -2.81. The van der Waals surface area contributed by atoms with Crippen molar-refractivity contribution < 1.29 is 4.92 Å². The molecule has 3 heterocycles. The molecule has 3 aromatic rings. The van der Waals surface area contributed by atoms with Gasteiger partial charge in [0.1, 0.15) is 0 Å². The standard InChI is InChI=1S/C12H13N7O2/c13-5-4-9-7-17(16-15-9)8-10-12(19(20)21)18-6-2-1-3-11(18)14-10/h1-3,6-7H,4-5,8,13H2. The Morgan fingerprint density at radius 1 is 1.38 bits per heavy atom. The molecule has 0 aromatic carbocycles. The second kappa shape index (κ2) is 5.29. The minimum absolute atomic E-state index is 0.0542. The second-order valence-corrected chi connectivity index (χ2v) is 4.51. The maximum Gasteiger partial charge on any atom is 0.353 e. The molecule has 9 heteroatoms. The minimum Gasteiger partial charge on any atom is -0.358 e. The first kappa shape index (κ1) is 13.2. The van der Waals surface area contributed by atoms with Crippen LogP contribution in [-0.2, 0) is 13.0 Å². The number of pyridine rings is 1. The molecule has 0 bridgehead atoms. The van der Waals surface area contributed by atoms with Crippen LogP contribution in [0.25, 0.3) is 5.65 Å². The third kappa shape index (κ3) is 2.46. The van der Waals surface area contributed by atoms with E-state index in [2.05, 4.69) is 15.3 Å². The normalized spacial score (nSPS) is 11.1. The van der Waals surface area contributed by atoms with Crippen LogP contribution >= 0.6 is 0 Å². The van der Waals surface area contributed by atoms with Gasteiger partial charge in [-0.1, -0.05) is 11.3 Å². The van der Waals surface area contributed by atoms with Crippen LogP contribution in [0.4, 0.5) is 5.82 Å². The Bertz CT molecular complexity index is 792. The first-order valence-corrected chi connectivity index (χ1v) is 6.38. The molecule has 3 aromatic heterocycles. The molecule has 108 valence electrons. The molecule has 9 nitrogen and oxygen atoms in total. The highest BCUT2D eigenvalue weighted by Crippen LogP contribution is 2.21. The van der Waals surface area contributed by atoms with E-state index in [-0.39, 0.29) is 12.4 Å². The van der Waals surface area contributed by atoms with Crippen LogP contribution in [-0.4, -0.2) is 35.8 Å². The quantitative estimate of drug-likeness (QED) is 0.535. The van der Waals surface area contributed by atoms with Crippen molar-refractivity contribution in [1.82, 2.24) is 24.4 Å². The van der Waals surface area contributed by atoms with Crippen molar-refractivity contribution in [2.75, 3.05) is 6.54 Å². The summed E-state index contributed by atoms with van der Waals surface area (Å²) in [6, 6.07) is 5.22. The summed E-state index contributed by atoms with van der Waals surface area (Å²) in [7, 11) is 0. The number of nitro groups is 1. The SMILES string of the molecule is NCCc1cn(Cc2nc3ccccn3c2[N+](=O)[O-])nn1. The van der Waals surface area contributed by atoms with Gasteiger partial charge in [0, 0.05) is 18.7 Å². The molecule has 21 heavy (non-hydrogen) atoms. The number of hydrogen-bond acceptors (Lipinski definition) is 6.